The summed E-state index contributed by atoms with van der Waals surface area (Å²) in [4.78, 5) is 10.2. The van der Waals surface area contributed by atoms with E-state index in [4.69, 9.17) is 0 Å². The zero-order valence-electron chi connectivity index (χ0n) is 28.3. The summed E-state index contributed by atoms with van der Waals surface area (Å²) in [6.07, 6.45) is 10.6. The molecule has 0 saturated heterocycles. The van der Waals surface area contributed by atoms with Gasteiger partial charge in [-0.3, -0.25) is 14.7 Å². The predicted molar refractivity (Wildman–Crippen MR) is 177 cm³/mol. The molecule has 0 fully saturated rings. The second-order valence-corrected chi connectivity index (χ2v) is 12.5. The van der Waals surface area contributed by atoms with E-state index in [0.29, 0.717) is 18.1 Å². The van der Waals surface area contributed by atoms with E-state index < -0.39 is 0 Å². The van der Waals surface area contributed by atoms with Gasteiger partial charge in [-0.1, -0.05) is 0 Å². The lowest BCUT2D eigenvalue weighted by molar-refractivity contribution is 0.0735. The molecule has 0 aliphatic carbocycles. The third-order valence-corrected chi connectivity index (χ3v) is 8.57. The fraction of sp³-hybridized carbons (Fsp3) is 1.00. The zero-order valence-corrected chi connectivity index (χ0v) is 28.3. The van der Waals surface area contributed by atoms with Gasteiger partial charge in [0.2, 0.25) is 0 Å². The average Bonchev–Trinajstić information content (AvgIpc) is 2.99. The van der Waals surface area contributed by atoms with Crippen molar-refractivity contribution in [2.45, 2.75) is 116 Å². The Labute approximate surface area is 264 Å². The van der Waals surface area contributed by atoms with Gasteiger partial charge in [-0.25, -0.2) is 0 Å². The molecule has 6 N–H and O–H groups in total. The molecule has 0 aromatic rings. The fourth-order valence-electron chi connectivity index (χ4n) is 5.83. The Morgan fingerprint density at radius 1 is 0.326 bits per heavy atom. The van der Waals surface area contributed by atoms with Gasteiger partial charge in [-0.2, -0.15) is 0 Å². The van der Waals surface area contributed by atoms with Gasteiger partial charge in [0.05, 0.1) is 0 Å². The quantitative estimate of drug-likeness (QED) is 0.0605. The molecule has 3 atom stereocenters. The van der Waals surface area contributed by atoms with E-state index in [9.17, 15) is 30.6 Å². The van der Waals surface area contributed by atoms with Crippen molar-refractivity contribution < 1.29 is 30.6 Å². The van der Waals surface area contributed by atoms with Crippen LogP contribution in [0.1, 0.15) is 97.8 Å². The van der Waals surface area contributed by atoms with Crippen LogP contribution in [0.4, 0.5) is 0 Å². The van der Waals surface area contributed by atoms with Crippen molar-refractivity contribution in [3.63, 3.8) is 0 Å². The van der Waals surface area contributed by atoms with Crippen LogP contribution in [0.2, 0.25) is 0 Å². The van der Waals surface area contributed by atoms with Gasteiger partial charge in [0.1, 0.15) is 0 Å². The van der Waals surface area contributed by atoms with Gasteiger partial charge in [-0.15, -0.1) is 0 Å². The highest BCUT2D eigenvalue weighted by Crippen LogP contribution is 2.15. The first-order chi connectivity index (χ1) is 20.9. The Morgan fingerprint density at radius 3 is 0.907 bits per heavy atom. The van der Waals surface area contributed by atoms with Crippen molar-refractivity contribution in [2.75, 3.05) is 98.5 Å². The standard InChI is InChI=1S/C33H72N4O6/c1-31(28-34(16-4-10-22-38)17-5-11-23-39)36(20-8-14-26-42)30-33(3)37(21-9-15-27-43)29-32(2)35(18-6-12-24-40)19-7-13-25-41/h31-33,38-43H,4-30H2,1-3H3. The summed E-state index contributed by atoms with van der Waals surface area (Å²) in [5.74, 6) is 0. The van der Waals surface area contributed by atoms with E-state index in [0.717, 1.165) is 136 Å². The summed E-state index contributed by atoms with van der Waals surface area (Å²) in [7, 11) is 0. The molecule has 0 amide bonds. The van der Waals surface area contributed by atoms with Crippen LogP contribution in [0, 0.1) is 0 Å². The molecule has 0 saturated carbocycles. The monoisotopic (exact) mass is 621 g/mol. The predicted octanol–water partition coefficient (Wildman–Crippen LogP) is 1.99. The Balaban J connectivity index is 5.64. The van der Waals surface area contributed by atoms with E-state index >= 15 is 0 Å². The summed E-state index contributed by atoms with van der Waals surface area (Å²) in [6.45, 7) is 16.6. The smallest absolute Gasteiger partial charge is 0.0431 e. The van der Waals surface area contributed by atoms with Gasteiger partial charge in [0.15, 0.2) is 0 Å². The van der Waals surface area contributed by atoms with Crippen LogP contribution in [-0.2, 0) is 0 Å². The number of aliphatic hydroxyl groups excluding tert-OH is 6. The summed E-state index contributed by atoms with van der Waals surface area (Å²) >= 11 is 0. The Kier molecular flexibility index (Phi) is 30.0. The highest BCUT2D eigenvalue weighted by molar-refractivity contribution is 4.81. The topological polar surface area (TPSA) is 134 Å². The van der Waals surface area contributed by atoms with Crippen LogP contribution in [0.5, 0.6) is 0 Å². The van der Waals surface area contributed by atoms with Crippen LogP contribution >= 0.6 is 0 Å². The largest absolute Gasteiger partial charge is 0.396 e. The molecular formula is C33H72N4O6. The summed E-state index contributed by atoms with van der Waals surface area (Å²) < 4.78 is 0. The van der Waals surface area contributed by atoms with Crippen molar-refractivity contribution in [3.05, 3.63) is 0 Å². The second-order valence-electron chi connectivity index (χ2n) is 12.5. The first kappa shape index (κ1) is 42.6. The van der Waals surface area contributed by atoms with Gasteiger partial charge in [0, 0.05) is 77.4 Å². The molecule has 0 aliphatic rings. The molecule has 0 aromatic carbocycles. The molecule has 0 aromatic heterocycles. The van der Waals surface area contributed by atoms with E-state index in [1.165, 1.54) is 0 Å². The number of hydrogen-bond acceptors (Lipinski definition) is 10. The molecule has 0 rings (SSSR count). The highest BCUT2D eigenvalue weighted by Gasteiger charge is 2.25. The number of rotatable bonds is 33. The molecule has 0 heterocycles. The summed E-state index contributed by atoms with van der Waals surface area (Å²) in [6, 6.07) is 0.976. The molecule has 260 valence electrons. The van der Waals surface area contributed by atoms with Gasteiger partial charge in [-0.05, 0) is 137 Å². The lowest BCUT2D eigenvalue weighted by Crippen LogP contribution is -2.52. The van der Waals surface area contributed by atoms with Gasteiger partial charge < -0.3 is 35.5 Å². The van der Waals surface area contributed by atoms with Gasteiger partial charge >= 0.3 is 0 Å². The molecule has 0 bridgehead atoms. The van der Waals surface area contributed by atoms with E-state index in [1.54, 1.807) is 0 Å². The molecule has 10 nitrogen and oxygen atoms in total. The maximum atomic E-state index is 9.48. The zero-order chi connectivity index (χ0) is 32.1. The van der Waals surface area contributed by atoms with Crippen LogP contribution in [0.25, 0.3) is 0 Å². The van der Waals surface area contributed by atoms with Crippen molar-refractivity contribution in [2.24, 2.45) is 0 Å². The Hall–Kier alpha value is -0.400. The Morgan fingerprint density at radius 2 is 0.581 bits per heavy atom. The van der Waals surface area contributed by atoms with E-state index in [-0.39, 0.29) is 39.6 Å². The molecule has 0 radical (unpaired) electrons. The molecule has 3 unspecified atom stereocenters. The van der Waals surface area contributed by atoms with Gasteiger partial charge in [0.25, 0.3) is 0 Å². The fourth-order valence-corrected chi connectivity index (χ4v) is 5.83. The van der Waals surface area contributed by atoms with Crippen molar-refractivity contribution in [1.29, 1.82) is 0 Å². The molecule has 0 aliphatic heterocycles. The summed E-state index contributed by atoms with van der Waals surface area (Å²) in [5, 5.41) is 56.2. The lowest BCUT2D eigenvalue weighted by atomic mass is 10.1. The third kappa shape index (κ3) is 22.7. The Bertz CT molecular complexity index is 560. The molecule has 43 heavy (non-hydrogen) atoms. The van der Waals surface area contributed by atoms with E-state index in [1.807, 2.05) is 0 Å². The minimum atomic E-state index is 0.207. The first-order valence-corrected chi connectivity index (χ1v) is 17.5. The minimum Gasteiger partial charge on any atom is -0.396 e. The average molecular weight is 621 g/mol. The lowest BCUT2D eigenvalue weighted by Gasteiger charge is -2.40. The maximum absolute atomic E-state index is 9.48. The molecular weight excluding hydrogens is 548 g/mol. The summed E-state index contributed by atoms with van der Waals surface area (Å²) in [5.41, 5.74) is 0. The number of aliphatic hydroxyl groups is 6. The number of hydrogen-bond donors (Lipinski definition) is 6. The van der Waals surface area contributed by atoms with Crippen molar-refractivity contribution in [3.8, 4) is 0 Å². The second kappa shape index (κ2) is 30.3. The van der Waals surface area contributed by atoms with Crippen molar-refractivity contribution >= 4 is 0 Å². The minimum absolute atomic E-state index is 0.207. The normalized spacial score (nSPS) is 14.4. The number of unbranched alkanes of at least 4 members (excludes halogenated alkanes) is 6. The first-order valence-electron chi connectivity index (χ1n) is 17.5. The number of nitrogens with zero attached hydrogens (tertiary/aromatic N) is 4. The van der Waals surface area contributed by atoms with Crippen LogP contribution in [0.3, 0.4) is 0 Å². The molecule has 10 heteroatoms. The maximum Gasteiger partial charge on any atom is 0.0431 e. The van der Waals surface area contributed by atoms with E-state index in [2.05, 4.69) is 40.4 Å². The highest BCUT2D eigenvalue weighted by atomic mass is 16.3. The van der Waals surface area contributed by atoms with Crippen LogP contribution in [-0.4, -0.2) is 167 Å². The SMILES string of the molecule is CC(CN(CCCCO)C(C)CN(CCCCO)C(C)CN(CCCCO)CCCCO)N(CCCCO)CCCCO. The third-order valence-electron chi connectivity index (χ3n) is 8.57. The van der Waals surface area contributed by atoms with Crippen LogP contribution < -0.4 is 0 Å². The molecule has 0 spiro atoms. The van der Waals surface area contributed by atoms with Crippen LogP contribution in [0.15, 0.2) is 0 Å². The van der Waals surface area contributed by atoms with Crippen molar-refractivity contribution in [1.82, 2.24) is 19.6 Å².